The molecule has 0 fully saturated rings. The molecule has 2 amide bonds. The number of nitrogens with one attached hydrogen (secondary N) is 1. The van der Waals surface area contributed by atoms with Crippen molar-refractivity contribution in [1.82, 2.24) is 5.48 Å². The van der Waals surface area contributed by atoms with Crippen molar-refractivity contribution in [2.75, 3.05) is 0 Å². The molecular weight excluding hydrogens is 268 g/mol. The van der Waals surface area contributed by atoms with E-state index >= 15 is 0 Å². The predicted octanol–water partition coefficient (Wildman–Crippen LogP) is 2.21. The van der Waals surface area contributed by atoms with Crippen LogP contribution in [0, 0.1) is 0 Å². The van der Waals surface area contributed by atoms with Crippen LogP contribution in [0.5, 0.6) is 0 Å². The highest BCUT2D eigenvalue weighted by atomic mass is 16.5. The zero-order valence-electron chi connectivity index (χ0n) is 11.0. The van der Waals surface area contributed by atoms with Crippen LogP contribution < -0.4 is 11.2 Å². The van der Waals surface area contributed by atoms with E-state index in [9.17, 15) is 9.59 Å². The molecule has 0 atom stereocenters. The van der Waals surface area contributed by atoms with Crippen molar-refractivity contribution >= 4 is 33.4 Å². The Bertz CT molecular complexity index is 887. The third-order valence-electron chi connectivity index (χ3n) is 3.48. The number of primary amides is 1. The van der Waals surface area contributed by atoms with Crippen molar-refractivity contribution in [2.24, 2.45) is 5.73 Å². The summed E-state index contributed by atoms with van der Waals surface area (Å²) in [6.07, 6.45) is 0. The molecule has 0 unspecified atom stereocenters. The first-order valence-corrected chi connectivity index (χ1v) is 6.32. The number of carbonyl (C=O) groups is 2. The molecule has 5 heteroatoms. The fourth-order valence-corrected chi connectivity index (χ4v) is 2.63. The van der Waals surface area contributed by atoms with Crippen molar-refractivity contribution in [3.05, 3.63) is 59.7 Å². The van der Waals surface area contributed by atoms with Gasteiger partial charge in [0.05, 0.1) is 11.1 Å². The quantitative estimate of drug-likeness (QED) is 0.382. The van der Waals surface area contributed by atoms with Gasteiger partial charge >= 0.3 is 0 Å². The van der Waals surface area contributed by atoms with E-state index in [0.717, 1.165) is 5.39 Å². The minimum Gasteiger partial charge on any atom is -0.366 e. The Kier molecular flexibility index (Phi) is 3.04. The molecule has 3 aromatic rings. The molecule has 21 heavy (non-hydrogen) atoms. The first kappa shape index (κ1) is 13.1. The molecule has 3 rings (SSSR count). The molecule has 0 aromatic heterocycles. The second-order valence-electron chi connectivity index (χ2n) is 4.68. The minimum absolute atomic E-state index is 0.203. The second kappa shape index (κ2) is 4.88. The maximum absolute atomic E-state index is 11.9. The van der Waals surface area contributed by atoms with E-state index in [1.165, 1.54) is 6.07 Å². The average Bonchev–Trinajstić information content (AvgIpc) is 2.50. The summed E-state index contributed by atoms with van der Waals surface area (Å²) in [5, 5.41) is 11.6. The molecular formula is C16H12N2O3. The third-order valence-corrected chi connectivity index (χ3v) is 3.48. The Morgan fingerprint density at radius 2 is 1.71 bits per heavy atom. The van der Waals surface area contributed by atoms with Crippen LogP contribution in [0.15, 0.2) is 48.5 Å². The minimum atomic E-state index is -0.682. The van der Waals surface area contributed by atoms with E-state index in [0.29, 0.717) is 16.2 Å². The van der Waals surface area contributed by atoms with E-state index in [4.69, 9.17) is 10.9 Å². The number of carbonyl (C=O) groups excluding carboxylic acids is 2. The van der Waals surface area contributed by atoms with E-state index in [2.05, 4.69) is 0 Å². The molecule has 0 saturated heterocycles. The van der Waals surface area contributed by atoms with Crippen LogP contribution in [0.2, 0.25) is 0 Å². The first-order chi connectivity index (χ1) is 10.1. The normalized spacial score (nSPS) is 10.7. The van der Waals surface area contributed by atoms with Crippen LogP contribution in [0.25, 0.3) is 21.5 Å². The molecule has 5 nitrogen and oxygen atoms in total. The standard InChI is InChI=1S/C16H12N2O3/c17-15(19)14-11-6-2-1-4-9(11)8-10-5-3-7-12(13(10)14)16(20)18-21/h1-8,21H,(H2,17,19)(H,18,20). The maximum atomic E-state index is 11.9. The maximum Gasteiger partial charge on any atom is 0.275 e. The van der Waals surface area contributed by atoms with E-state index in [1.807, 2.05) is 18.2 Å². The zero-order valence-corrected chi connectivity index (χ0v) is 11.0. The SMILES string of the molecule is NC(=O)c1c2ccccc2cc2cccc(C(=O)NO)c12. The number of hydrogen-bond acceptors (Lipinski definition) is 3. The lowest BCUT2D eigenvalue weighted by molar-refractivity contribution is 0.0708. The number of amides is 2. The van der Waals surface area contributed by atoms with Crippen LogP contribution in [-0.2, 0) is 0 Å². The molecule has 4 N–H and O–H groups in total. The topological polar surface area (TPSA) is 92.4 Å². The van der Waals surface area contributed by atoms with Crippen molar-refractivity contribution in [3.63, 3.8) is 0 Å². The Hall–Kier alpha value is -2.92. The van der Waals surface area contributed by atoms with Gasteiger partial charge in [-0.15, -0.1) is 0 Å². The molecule has 0 bridgehead atoms. The van der Waals surface area contributed by atoms with Crippen LogP contribution in [-0.4, -0.2) is 17.0 Å². The third kappa shape index (κ3) is 2.00. The Morgan fingerprint density at radius 1 is 1.00 bits per heavy atom. The Labute approximate surface area is 119 Å². The van der Waals surface area contributed by atoms with Gasteiger partial charge in [0.15, 0.2) is 0 Å². The molecule has 0 aliphatic heterocycles. The summed E-state index contributed by atoms with van der Waals surface area (Å²) in [5.41, 5.74) is 7.60. The summed E-state index contributed by atoms with van der Waals surface area (Å²) in [6, 6.07) is 14.2. The van der Waals surface area contributed by atoms with Gasteiger partial charge in [0.1, 0.15) is 0 Å². The van der Waals surface area contributed by atoms with Gasteiger partial charge in [-0.05, 0) is 28.3 Å². The van der Waals surface area contributed by atoms with Crippen molar-refractivity contribution < 1.29 is 14.8 Å². The van der Waals surface area contributed by atoms with Crippen LogP contribution in [0.1, 0.15) is 20.7 Å². The first-order valence-electron chi connectivity index (χ1n) is 6.32. The second-order valence-corrected chi connectivity index (χ2v) is 4.68. The Morgan fingerprint density at radius 3 is 2.43 bits per heavy atom. The molecule has 104 valence electrons. The van der Waals surface area contributed by atoms with Crippen LogP contribution in [0.4, 0.5) is 0 Å². The van der Waals surface area contributed by atoms with E-state index < -0.39 is 11.8 Å². The summed E-state index contributed by atoms with van der Waals surface area (Å²) in [7, 11) is 0. The van der Waals surface area contributed by atoms with Gasteiger partial charge in [0, 0.05) is 5.39 Å². The highest BCUT2D eigenvalue weighted by Gasteiger charge is 2.18. The summed E-state index contributed by atoms with van der Waals surface area (Å²) < 4.78 is 0. The molecule has 0 saturated carbocycles. The van der Waals surface area contributed by atoms with Gasteiger partial charge in [-0.25, -0.2) is 5.48 Å². The molecule has 3 aromatic carbocycles. The lowest BCUT2D eigenvalue weighted by Gasteiger charge is -2.12. The summed E-state index contributed by atoms with van der Waals surface area (Å²) in [6.45, 7) is 0. The zero-order chi connectivity index (χ0) is 15.0. The lowest BCUT2D eigenvalue weighted by atomic mass is 9.93. The lowest BCUT2D eigenvalue weighted by Crippen LogP contribution is -2.20. The monoisotopic (exact) mass is 280 g/mol. The van der Waals surface area contributed by atoms with Crippen molar-refractivity contribution in [3.8, 4) is 0 Å². The number of hydrogen-bond donors (Lipinski definition) is 3. The highest BCUT2D eigenvalue weighted by molar-refractivity contribution is 6.22. The van der Waals surface area contributed by atoms with Gasteiger partial charge in [0.25, 0.3) is 5.91 Å². The molecule has 0 aliphatic carbocycles. The molecule has 0 radical (unpaired) electrons. The van der Waals surface area contributed by atoms with Gasteiger partial charge in [-0.2, -0.15) is 0 Å². The summed E-state index contributed by atoms with van der Waals surface area (Å²) in [5.74, 6) is -1.30. The largest absolute Gasteiger partial charge is 0.366 e. The van der Waals surface area contributed by atoms with E-state index in [-0.39, 0.29) is 11.1 Å². The Balaban J connectivity index is 2.57. The highest BCUT2D eigenvalue weighted by Crippen LogP contribution is 2.30. The summed E-state index contributed by atoms with van der Waals surface area (Å²) >= 11 is 0. The smallest absolute Gasteiger partial charge is 0.275 e. The fourth-order valence-electron chi connectivity index (χ4n) is 2.63. The predicted molar refractivity (Wildman–Crippen MR) is 79.2 cm³/mol. The van der Waals surface area contributed by atoms with Crippen molar-refractivity contribution in [2.45, 2.75) is 0 Å². The van der Waals surface area contributed by atoms with Gasteiger partial charge in [0.2, 0.25) is 5.91 Å². The molecule has 0 spiro atoms. The summed E-state index contributed by atoms with van der Waals surface area (Å²) in [4.78, 5) is 23.7. The van der Waals surface area contributed by atoms with Crippen molar-refractivity contribution in [1.29, 1.82) is 0 Å². The number of benzene rings is 3. The average molecular weight is 280 g/mol. The van der Waals surface area contributed by atoms with Gasteiger partial charge < -0.3 is 5.73 Å². The van der Waals surface area contributed by atoms with Crippen LogP contribution >= 0.6 is 0 Å². The van der Waals surface area contributed by atoms with Crippen LogP contribution in [0.3, 0.4) is 0 Å². The number of rotatable bonds is 2. The number of nitrogens with two attached hydrogens (primary N) is 1. The molecule has 0 heterocycles. The van der Waals surface area contributed by atoms with Gasteiger partial charge in [-0.3, -0.25) is 14.8 Å². The number of fused-ring (bicyclic) bond motifs is 2. The number of hydroxylamine groups is 1. The van der Waals surface area contributed by atoms with E-state index in [1.54, 1.807) is 29.7 Å². The molecule has 0 aliphatic rings. The van der Waals surface area contributed by atoms with Gasteiger partial charge in [-0.1, -0.05) is 36.4 Å². The fraction of sp³-hybridized carbons (Fsp3) is 0.